The number of aryl methyl sites for hydroxylation is 1. The first-order valence-electron chi connectivity index (χ1n) is 17.7. The average Bonchev–Trinajstić information content (AvgIpc) is 3.51. The molecule has 1 aromatic heterocycles. The Kier molecular flexibility index (Phi) is 8.32. The van der Waals surface area contributed by atoms with Gasteiger partial charge in [0.05, 0.1) is 16.8 Å². The third-order valence-corrected chi connectivity index (χ3v) is 11.9. The fraction of sp³-hybridized carbons (Fsp3) is 0.0204. The molecule has 0 amide bonds. The van der Waals surface area contributed by atoms with Gasteiger partial charge in [-0.25, -0.2) is 0 Å². The van der Waals surface area contributed by atoms with Gasteiger partial charge >= 0.3 is 0 Å². The van der Waals surface area contributed by atoms with Crippen molar-refractivity contribution in [3.63, 3.8) is 0 Å². The van der Waals surface area contributed by atoms with Crippen LogP contribution in [0.3, 0.4) is 0 Å². The predicted octanol–water partition coefficient (Wildman–Crippen LogP) is 14.6. The van der Waals surface area contributed by atoms with E-state index in [-0.39, 0.29) is 10.5 Å². The second-order valence-electron chi connectivity index (χ2n) is 13.0. The molecule has 0 aliphatic carbocycles. The summed E-state index contributed by atoms with van der Waals surface area (Å²) in [7, 11) is -0.112. The summed E-state index contributed by atoms with van der Waals surface area (Å²) in [5.41, 5.74) is 11.7. The van der Waals surface area contributed by atoms with Crippen LogP contribution in [0.4, 0.5) is 34.1 Å². The topological polar surface area (TPSA) is 6.48 Å². The molecule has 8 aromatic carbocycles. The Hall–Kier alpha value is -6.42. The lowest BCUT2D eigenvalue weighted by Crippen LogP contribution is -2.10. The highest BCUT2D eigenvalue weighted by atomic mass is 32.2. The summed E-state index contributed by atoms with van der Waals surface area (Å²) >= 11 is 0. The van der Waals surface area contributed by atoms with Crippen LogP contribution in [0, 0.1) is 0 Å². The van der Waals surface area contributed by atoms with Crippen molar-refractivity contribution in [3.8, 4) is 22.3 Å². The van der Waals surface area contributed by atoms with Crippen LogP contribution in [0.5, 0.6) is 0 Å². The van der Waals surface area contributed by atoms with E-state index in [0.717, 1.165) is 28.4 Å². The molecule has 248 valence electrons. The van der Waals surface area contributed by atoms with Crippen molar-refractivity contribution in [1.82, 2.24) is 0 Å². The zero-order chi connectivity index (χ0) is 34.9. The Balaban J connectivity index is 1.18. The number of thiophene rings is 1. The maximum absolute atomic E-state index is 2.42. The monoisotopic (exact) mass is 685 g/mol. The minimum atomic E-state index is -0.112. The van der Waals surface area contributed by atoms with Gasteiger partial charge in [-0.2, -0.15) is 0 Å². The molecular weight excluding hydrogens is 649 g/mol. The predicted molar refractivity (Wildman–Crippen MR) is 225 cm³/mol. The van der Waals surface area contributed by atoms with Crippen LogP contribution in [-0.4, -0.2) is 0 Å². The number of rotatable bonds is 8. The van der Waals surface area contributed by atoms with Crippen molar-refractivity contribution in [1.29, 1.82) is 0 Å². The van der Waals surface area contributed by atoms with Crippen LogP contribution in [0.15, 0.2) is 206 Å². The molecule has 52 heavy (non-hydrogen) atoms. The van der Waals surface area contributed by atoms with Gasteiger partial charge in [-0.3, -0.25) is 0 Å². The van der Waals surface area contributed by atoms with Gasteiger partial charge in [0.25, 0.3) is 0 Å². The molecule has 1 heterocycles. The first-order chi connectivity index (χ1) is 25.7. The van der Waals surface area contributed by atoms with Crippen LogP contribution in [0.1, 0.15) is 0 Å². The quantitative estimate of drug-likeness (QED) is 0.147. The molecule has 0 aliphatic rings. The minimum absolute atomic E-state index is 0.112. The summed E-state index contributed by atoms with van der Waals surface area (Å²) in [5, 5.41) is 2.61. The highest BCUT2D eigenvalue weighted by Crippen LogP contribution is 2.50. The highest BCUT2D eigenvalue weighted by Gasteiger charge is 2.26. The molecule has 3 heteroatoms. The van der Waals surface area contributed by atoms with E-state index in [9.17, 15) is 0 Å². The number of benzene rings is 8. The molecule has 0 bridgehead atoms. The van der Waals surface area contributed by atoms with Crippen molar-refractivity contribution < 1.29 is 0 Å². The Bertz CT molecular complexity index is 2600. The highest BCUT2D eigenvalue weighted by molar-refractivity contribution is 7.41. The van der Waals surface area contributed by atoms with E-state index in [1.54, 1.807) is 0 Å². The summed E-state index contributed by atoms with van der Waals surface area (Å²) in [6, 6.07) is 74.4. The van der Waals surface area contributed by atoms with Crippen LogP contribution >= 0.6 is 10.5 Å². The molecular formula is C49H37N2S+. The SMILES string of the molecule is C[s+]1c2cc(N(c3ccccc3)c3ccc(-c4ccccc4)cc3)ccc2c2c(N(c3ccccc3)c3ccc(-c4ccccc4)cc3)cccc21. The third kappa shape index (κ3) is 5.81. The molecule has 0 radical (unpaired) electrons. The number of hydrogen-bond acceptors (Lipinski definition) is 2. The van der Waals surface area contributed by atoms with Gasteiger partial charge in [0.1, 0.15) is 6.26 Å². The van der Waals surface area contributed by atoms with E-state index in [1.807, 2.05) is 0 Å². The van der Waals surface area contributed by atoms with E-state index in [2.05, 4.69) is 222 Å². The molecule has 0 aliphatic heterocycles. The van der Waals surface area contributed by atoms with E-state index in [4.69, 9.17) is 0 Å². The molecule has 0 fully saturated rings. The lowest BCUT2D eigenvalue weighted by atomic mass is 10.0. The summed E-state index contributed by atoms with van der Waals surface area (Å²) in [5.74, 6) is 0. The minimum Gasteiger partial charge on any atom is -0.310 e. The standard InChI is InChI=1S/C49H37N2S/c1-52-47-24-14-23-46(51(41-21-12-5-13-22-41)43-31-27-39(28-32-43)37-17-8-3-9-18-37)49(47)45-34-33-44(35-48(45)52)50(40-19-10-4-11-20-40)42-29-25-38(26-30-42)36-15-6-2-7-16-36/h2-35H,1H3/q+1. The molecule has 0 N–H and O–H groups in total. The second-order valence-corrected chi connectivity index (χ2v) is 14.9. The van der Waals surface area contributed by atoms with E-state index in [1.165, 1.54) is 48.1 Å². The fourth-order valence-corrected chi connectivity index (χ4v) is 9.19. The van der Waals surface area contributed by atoms with Crippen molar-refractivity contribution in [3.05, 3.63) is 206 Å². The molecule has 0 saturated carbocycles. The van der Waals surface area contributed by atoms with E-state index >= 15 is 0 Å². The maximum Gasteiger partial charge on any atom is 0.183 e. The molecule has 9 aromatic rings. The van der Waals surface area contributed by atoms with Gasteiger partial charge in [0.2, 0.25) is 0 Å². The number of nitrogens with zero attached hydrogens (tertiary/aromatic N) is 2. The molecule has 1 atom stereocenters. The lowest BCUT2D eigenvalue weighted by Gasteiger charge is -2.26. The molecule has 1 unspecified atom stereocenters. The van der Waals surface area contributed by atoms with Gasteiger partial charge in [0.15, 0.2) is 9.40 Å². The second kappa shape index (κ2) is 13.7. The van der Waals surface area contributed by atoms with Crippen LogP contribution in [0.2, 0.25) is 0 Å². The number of para-hydroxylation sites is 2. The third-order valence-electron chi connectivity index (χ3n) is 9.89. The van der Waals surface area contributed by atoms with Crippen LogP contribution < -0.4 is 9.80 Å². The first-order valence-corrected chi connectivity index (χ1v) is 19.3. The average molecular weight is 686 g/mol. The number of hydrogen-bond donors (Lipinski definition) is 0. The Morgan fingerprint density at radius 2 is 0.750 bits per heavy atom. The Labute approximate surface area is 308 Å². The fourth-order valence-electron chi connectivity index (χ4n) is 7.36. The van der Waals surface area contributed by atoms with Gasteiger partial charge < -0.3 is 9.80 Å². The van der Waals surface area contributed by atoms with Gasteiger partial charge in [-0.1, -0.05) is 127 Å². The first kappa shape index (κ1) is 31.6. The van der Waals surface area contributed by atoms with Crippen LogP contribution in [0.25, 0.3) is 42.4 Å². The molecule has 9 rings (SSSR count). The summed E-state index contributed by atoms with van der Waals surface area (Å²) < 4.78 is 2.75. The van der Waals surface area contributed by atoms with Crippen molar-refractivity contribution in [2.75, 3.05) is 9.80 Å². The zero-order valence-electron chi connectivity index (χ0n) is 28.9. The maximum atomic E-state index is 2.42. The van der Waals surface area contributed by atoms with Crippen molar-refractivity contribution >= 4 is 64.8 Å². The van der Waals surface area contributed by atoms with Gasteiger partial charge in [-0.05, 0) is 106 Å². The largest absolute Gasteiger partial charge is 0.310 e. The van der Waals surface area contributed by atoms with E-state index in [0.29, 0.717) is 0 Å². The van der Waals surface area contributed by atoms with Gasteiger partial charge in [0, 0.05) is 34.2 Å². The van der Waals surface area contributed by atoms with Crippen LogP contribution in [-0.2, 0) is 6.26 Å². The molecule has 0 saturated heterocycles. The molecule has 2 nitrogen and oxygen atoms in total. The summed E-state index contributed by atoms with van der Waals surface area (Å²) in [4.78, 5) is 4.79. The summed E-state index contributed by atoms with van der Waals surface area (Å²) in [6.07, 6.45) is 2.38. The van der Waals surface area contributed by atoms with Crippen molar-refractivity contribution in [2.24, 2.45) is 6.26 Å². The normalized spacial score (nSPS) is 11.5. The smallest absolute Gasteiger partial charge is 0.183 e. The van der Waals surface area contributed by atoms with Gasteiger partial charge in [-0.15, -0.1) is 0 Å². The number of anilines is 6. The Morgan fingerprint density at radius 1 is 0.327 bits per heavy atom. The number of fused-ring (bicyclic) bond motifs is 3. The summed E-state index contributed by atoms with van der Waals surface area (Å²) in [6.45, 7) is 0. The zero-order valence-corrected chi connectivity index (χ0v) is 29.7. The van der Waals surface area contributed by atoms with E-state index < -0.39 is 0 Å². The van der Waals surface area contributed by atoms with Crippen molar-refractivity contribution in [2.45, 2.75) is 0 Å². The molecule has 0 spiro atoms. The Morgan fingerprint density at radius 3 is 1.29 bits per heavy atom. The lowest BCUT2D eigenvalue weighted by molar-refractivity contribution is 1.29.